The van der Waals surface area contributed by atoms with Crippen LogP contribution in [-0.2, 0) is 0 Å². The smallest absolute Gasteiger partial charge is 0.164 e. The maximum atomic E-state index is 6.70. The molecule has 0 bridgehead atoms. The van der Waals surface area contributed by atoms with Gasteiger partial charge in [-0.2, -0.15) is 0 Å². The molecule has 0 saturated carbocycles. The molecule has 248 valence electrons. The van der Waals surface area contributed by atoms with E-state index in [1.807, 2.05) is 78.9 Å². The zero-order chi connectivity index (χ0) is 35.1. The third-order valence-corrected chi connectivity index (χ3v) is 9.97. The molecule has 4 nitrogen and oxygen atoms in total. The molecule has 4 heteroatoms. The van der Waals surface area contributed by atoms with E-state index in [9.17, 15) is 0 Å². The topological polar surface area (TPSA) is 51.8 Å². The van der Waals surface area contributed by atoms with Crippen LogP contribution in [0, 0.1) is 0 Å². The van der Waals surface area contributed by atoms with Crippen LogP contribution in [0.1, 0.15) is 0 Å². The standard InChI is InChI=1S/C49H31N3O/c1-4-13-32(14-5-1)33-23-25-34(26-24-33)35-27-29-36(30-28-35)39-20-12-21-40-42(39)31-43(45-41-19-10-11-22-44(41)53-46(40)45)49-51-47(37-15-6-2-7-16-37)50-48(52-49)38-17-8-3-9-18-38/h1-31H. The van der Waals surface area contributed by atoms with E-state index < -0.39 is 0 Å². The summed E-state index contributed by atoms with van der Waals surface area (Å²) in [7, 11) is 0. The van der Waals surface area contributed by atoms with E-state index in [1.165, 1.54) is 22.3 Å². The number of para-hydroxylation sites is 1. The number of rotatable bonds is 6. The van der Waals surface area contributed by atoms with Crippen molar-refractivity contribution in [3.05, 3.63) is 188 Å². The minimum atomic E-state index is 0.597. The molecule has 0 saturated heterocycles. The average Bonchev–Trinajstić information content (AvgIpc) is 3.64. The van der Waals surface area contributed by atoms with Gasteiger partial charge in [-0.15, -0.1) is 0 Å². The SMILES string of the molecule is c1ccc(-c2ccc(-c3ccc(-c4cccc5c4cc(-c4nc(-c6ccccc6)nc(-c6ccccc6)n4)c4c6ccccc6oc54)cc3)cc2)cc1. The molecule has 0 N–H and O–H groups in total. The van der Waals surface area contributed by atoms with E-state index >= 15 is 0 Å². The third-order valence-electron chi connectivity index (χ3n) is 9.97. The quantitative estimate of drug-likeness (QED) is 0.176. The fraction of sp³-hybridized carbons (Fsp3) is 0. The van der Waals surface area contributed by atoms with Gasteiger partial charge in [0.15, 0.2) is 17.5 Å². The minimum Gasteiger partial charge on any atom is -0.455 e. The molecule has 53 heavy (non-hydrogen) atoms. The summed E-state index contributed by atoms with van der Waals surface area (Å²) in [6, 6.07) is 65.2. The first kappa shape index (κ1) is 30.6. The highest BCUT2D eigenvalue weighted by Gasteiger charge is 2.21. The normalized spacial score (nSPS) is 11.4. The van der Waals surface area contributed by atoms with E-state index in [1.54, 1.807) is 0 Å². The first-order valence-corrected chi connectivity index (χ1v) is 17.8. The Labute approximate surface area is 306 Å². The van der Waals surface area contributed by atoms with Crippen LogP contribution in [0.25, 0.3) is 100 Å². The van der Waals surface area contributed by atoms with Crippen LogP contribution in [0.5, 0.6) is 0 Å². The molecule has 8 aromatic carbocycles. The molecule has 0 unspecified atom stereocenters. The van der Waals surface area contributed by atoms with Crippen molar-refractivity contribution in [1.29, 1.82) is 0 Å². The number of nitrogens with zero attached hydrogens (tertiary/aromatic N) is 3. The first-order valence-electron chi connectivity index (χ1n) is 17.8. The van der Waals surface area contributed by atoms with E-state index in [-0.39, 0.29) is 0 Å². The second kappa shape index (κ2) is 12.9. The molecular formula is C49H31N3O. The molecule has 2 aromatic heterocycles. The van der Waals surface area contributed by atoms with Crippen molar-refractivity contribution < 1.29 is 4.42 Å². The summed E-state index contributed by atoms with van der Waals surface area (Å²) in [6.45, 7) is 0. The van der Waals surface area contributed by atoms with Gasteiger partial charge in [0.1, 0.15) is 11.2 Å². The van der Waals surface area contributed by atoms with Gasteiger partial charge in [-0.25, -0.2) is 15.0 Å². The van der Waals surface area contributed by atoms with Crippen molar-refractivity contribution in [1.82, 2.24) is 15.0 Å². The number of hydrogen-bond donors (Lipinski definition) is 0. The first-order chi connectivity index (χ1) is 26.3. The lowest BCUT2D eigenvalue weighted by molar-refractivity contribution is 0.672. The van der Waals surface area contributed by atoms with E-state index in [0.29, 0.717) is 17.5 Å². The lowest BCUT2D eigenvalue weighted by atomic mass is 9.92. The third kappa shape index (κ3) is 5.54. The maximum Gasteiger partial charge on any atom is 0.164 e. The Hall–Kier alpha value is -7.17. The van der Waals surface area contributed by atoms with Gasteiger partial charge in [0.25, 0.3) is 0 Å². The van der Waals surface area contributed by atoms with Crippen LogP contribution in [-0.4, -0.2) is 15.0 Å². The summed E-state index contributed by atoms with van der Waals surface area (Å²) >= 11 is 0. The van der Waals surface area contributed by atoms with Gasteiger partial charge in [-0.05, 0) is 50.9 Å². The predicted molar refractivity (Wildman–Crippen MR) is 217 cm³/mol. The Morgan fingerprint density at radius 2 is 0.755 bits per heavy atom. The van der Waals surface area contributed by atoms with Crippen molar-refractivity contribution in [2.24, 2.45) is 0 Å². The molecule has 0 spiro atoms. The molecule has 0 atom stereocenters. The predicted octanol–water partition coefficient (Wildman–Crippen LogP) is 12.9. The lowest BCUT2D eigenvalue weighted by Gasteiger charge is -2.13. The van der Waals surface area contributed by atoms with Crippen molar-refractivity contribution in [3.63, 3.8) is 0 Å². The minimum absolute atomic E-state index is 0.597. The molecule has 0 aliphatic heterocycles. The second-order valence-electron chi connectivity index (χ2n) is 13.2. The van der Waals surface area contributed by atoms with E-state index in [4.69, 9.17) is 19.4 Å². The van der Waals surface area contributed by atoms with Gasteiger partial charge in [0.2, 0.25) is 0 Å². The molecular weight excluding hydrogens is 647 g/mol. The summed E-state index contributed by atoms with van der Waals surface area (Å²) in [5.74, 6) is 1.84. The summed E-state index contributed by atoms with van der Waals surface area (Å²) < 4.78 is 6.70. The van der Waals surface area contributed by atoms with Gasteiger partial charge >= 0.3 is 0 Å². The number of fused-ring (bicyclic) bond motifs is 5. The Kier molecular flexibility index (Phi) is 7.43. The van der Waals surface area contributed by atoms with Crippen molar-refractivity contribution >= 4 is 32.7 Å². The number of benzene rings is 8. The van der Waals surface area contributed by atoms with Gasteiger partial charge in [-0.1, -0.05) is 176 Å². The van der Waals surface area contributed by atoms with Gasteiger partial charge in [0.05, 0.1) is 0 Å². The number of furan rings is 1. The highest BCUT2D eigenvalue weighted by molar-refractivity contribution is 6.22. The molecule has 2 heterocycles. The van der Waals surface area contributed by atoms with Gasteiger partial charge < -0.3 is 4.42 Å². The molecule has 0 aliphatic rings. The van der Waals surface area contributed by atoms with E-state index in [2.05, 4.69) is 109 Å². The molecule has 0 radical (unpaired) electrons. The molecule has 10 rings (SSSR count). The van der Waals surface area contributed by atoms with Crippen molar-refractivity contribution in [2.45, 2.75) is 0 Å². The fourth-order valence-electron chi connectivity index (χ4n) is 7.32. The monoisotopic (exact) mass is 677 g/mol. The summed E-state index contributed by atoms with van der Waals surface area (Å²) in [5, 5.41) is 4.12. The largest absolute Gasteiger partial charge is 0.455 e. The average molecular weight is 678 g/mol. The zero-order valence-corrected chi connectivity index (χ0v) is 28.6. The Bertz CT molecular complexity index is 2840. The highest BCUT2D eigenvalue weighted by Crippen LogP contribution is 2.43. The lowest BCUT2D eigenvalue weighted by Crippen LogP contribution is -2.00. The summed E-state index contributed by atoms with van der Waals surface area (Å²) in [5.41, 5.74) is 11.4. The van der Waals surface area contributed by atoms with E-state index in [0.717, 1.165) is 60.5 Å². The molecule has 10 aromatic rings. The van der Waals surface area contributed by atoms with Gasteiger partial charge in [0, 0.05) is 32.8 Å². The second-order valence-corrected chi connectivity index (χ2v) is 13.2. The van der Waals surface area contributed by atoms with Gasteiger partial charge in [-0.3, -0.25) is 0 Å². The Morgan fingerprint density at radius 3 is 1.34 bits per heavy atom. The Morgan fingerprint density at radius 1 is 0.302 bits per heavy atom. The van der Waals surface area contributed by atoms with Crippen molar-refractivity contribution in [3.8, 4) is 67.5 Å². The maximum absolute atomic E-state index is 6.70. The van der Waals surface area contributed by atoms with Crippen LogP contribution in [0.2, 0.25) is 0 Å². The van der Waals surface area contributed by atoms with Crippen LogP contribution in [0.3, 0.4) is 0 Å². The number of aromatic nitrogens is 3. The van der Waals surface area contributed by atoms with Crippen LogP contribution in [0.15, 0.2) is 192 Å². The van der Waals surface area contributed by atoms with Crippen LogP contribution in [0.4, 0.5) is 0 Å². The molecule has 0 amide bonds. The Balaban J connectivity index is 1.15. The van der Waals surface area contributed by atoms with Crippen LogP contribution < -0.4 is 0 Å². The fourth-order valence-corrected chi connectivity index (χ4v) is 7.32. The number of hydrogen-bond acceptors (Lipinski definition) is 4. The highest BCUT2D eigenvalue weighted by atomic mass is 16.3. The summed E-state index contributed by atoms with van der Waals surface area (Å²) in [6.07, 6.45) is 0. The summed E-state index contributed by atoms with van der Waals surface area (Å²) in [4.78, 5) is 15.3. The molecule has 0 aliphatic carbocycles. The van der Waals surface area contributed by atoms with Crippen molar-refractivity contribution in [2.75, 3.05) is 0 Å². The van der Waals surface area contributed by atoms with Crippen LogP contribution >= 0.6 is 0 Å². The zero-order valence-electron chi connectivity index (χ0n) is 28.6. The molecule has 0 fully saturated rings.